The molecule has 2 aromatic rings. The summed E-state index contributed by atoms with van der Waals surface area (Å²) in [4.78, 5) is 0. The molecule has 0 radical (unpaired) electrons. The maximum atomic E-state index is 9.10. The van der Waals surface area contributed by atoms with Crippen molar-refractivity contribution in [3.63, 3.8) is 0 Å². The number of aliphatic hydroxyl groups is 1. The lowest BCUT2D eigenvalue weighted by molar-refractivity contribution is 0.185. The van der Waals surface area contributed by atoms with Crippen LogP contribution < -0.4 is 5.32 Å². The van der Waals surface area contributed by atoms with E-state index in [2.05, 4.69) is 23.5 Å². The molecule has 3 nitrogen and oxygen atoms in total. The van der Waals surface area contributed by atoms with Crippen molar-refractivity contribution in [3.05, 3.63) is 65.2 Å². The Hall–Kier alpha value is -1.84. The van der Waals surface area contributed by atoms with E-state index in [4.69, 9.17) is 9.84 Å². The molecule has 2 rings (SSSR count). The Morgan fingerprint density at radius 1 is 1.00 bits per heavy atom. The first-order valence-electron chi connectivity index (χ1n) is 6.32. The lowest BCUT2D eigenvalue weighted by Crippen LogP contribution is -2.00. The van der Waals surface area contributed by atoms with Gasteiger partial charge in [0.1, 0.15) is 0 Å². The van der Waals surface area contributed by atoms with Gasteiger partial charge in [-0.25, -0.2) is 0 Å². The number of hydrogen-bond donors (Lipinski definition) is 2. The zero-order valence-electron chi connectivity index (χ0n) is 11.1. The number of rotatable bonds is 6. The van der Waals surface area contributed by atoms with Crippen LogP contribution in [-0.2, 0) is 24.5 Å². The minimum absolute atomic E-state index is 0.0683. The summed E-state index contributed by atoms with van der Waals surface area (Å²) in [5.41, 5.74) is 4.32. The van der Waals surface area contributed by atoms with Gasteiger partial charge in [0.2, 0.25) is 0 Å². The lowest BCUT2D eigenvalue weighted by Gasteiger charge is -2.09. The smallest absolute Gasteiger partial charge is 0.0713 e. The summed E-state index contributed by atoms with van der Waals surface area (Å²) in [6.07, 6.45) is 0. The molecular weight excluding hydrogens is 238 g/mol. The fourth-order valence-electron chi connectivity index (χ4n) is 1.98. The van der Waals surface area contributed by atoms with Crippen LogP contribution in [0.5, 0.6) is 0 Å². The number of anilines is 1. The maximum Gasteiger partial charge on any atom is 0.0713 e. The summed E-state index contributed by atoms with van der Waals surface area (Å²) in [5, 5.41) is 12.5. The number of aliphatic hydroxyl groups excluding tert-OH is 1. The molecule has 100 valence electrons. The molecule has 2 aromatic carbocycles. The number of ether oxygens (including phenoxy) is 1. The second kappa shape index (κ2) is 6.92. The largest absolute Gasteiger partial charge is 0.392 e. The molecule has 0 saturated heterocycles. The van der Waals surface area contributed by atoms with E-state index < -0.39 is 0 Å². The minimum Gasteiger partial charge on any atom is -0.392 e. The molecule has 3 heteroatoms. The molecule has 0 aromatic heterocycles. The van der Waals surface area contributed by atoms with Gasteiger partial charge in [-0.2, -0.15) is 0 Å². The number of nitrogens with one attached hydrogen (secondary N) is 1. The summed E-state index contributed by atoms with van der Waals surface area (Å²) in [6.45, 7) is 1.46. The van der Waals surface area contributed by atoms with Gasteiger partial charge in [0.05, 0.1) is 13.2 Å². The van der Waals surface area contributed by atoms with Crippen LogP contribution in [-0.4, -0.2) is 12.2 Å². The summed E-state index contributed by atoms with van der Waals surface area (Å²) < 4.78 is 5.13. The van der Waals surface area contributed by atoms with Crippen molar-refractivity contribution in [2.75, 3.05) is 12.4 Å². The molecule has 2 N–H and O–H groups in total. The van der Waals surface area contributed by atoms with Crippen LogP contribution in [0.25, 0.3) is 0 Å². The van der Waals surface area contributed by atoms with Gasteiger partial charge in [0, 0.05) is 19.3 Å². The van der Waals surface area contributed by atoms with Crippen LogP contribution >= 0.6 is 0 Å². The number of benzene rings is 2. The van der Waals surface area contributed by atoms with Crippen LogP contribution in [0.3, 0.4) is 0 Å². The third-order valence-electron chi connectivity index (χ3n) is 2.91. The van der Waals surface area contributed by atoms with E-state index in [-0.39, 0.29) is 6.61 Å². The van der Waals surface area contributed by atoms with E-state index >= 15 is 0 Å². The lowest BCUT2D eigenvalue weighted by atomic mass is 10.1. The van der Waals surface area contributed by atoms with Gasteiger partial charge in [-0.15, -0.1) is 0 Å². The van der Waals surface area contributed by atoms with E-state index in [9.17, 15) is 0 Å². The first-order chi connectivity index (χ1) is 9.31. The summed E-state index contributed by atoms with van der Waals surface area (Å²) >= 11 is 0. The summed E-state index contributed by atoms with van der Waals surface area (Å²) in [7, 11) is 1.70. The third-order valence-corrected chi connectivity index (χ3v) is 2.91. The molecule has 19 heavy (non-hydrogen) atoms. The molecule has 0 saturated carbocycles. The van der Waals surface area contributed by atoms with Crippen molar-refractivity contribution in [2.45, 2.75) is 19.8 Å². The normalized spacial score (nSPS) is 10.4. The van der Waals surface area contributed by atoms with Gasteiger partial charge >= 0.3 is 0 Å². The molecule has 0 fully saturated rings. The number of hydrogen-bond acceptors (Lipinski definition) is 3. The first-order valence-corrected chi connectivity index (χ1v) is 6.32. The monoisotopic (exact) mass is 257 g/mol. The van der Waals surface area contributed by atoms with E-state index in [1.165, 1.54) is 11.1 Å². The van der Waals surface area contributed by atoms with Gasteiger partial charge < -0.3 is 15.2 Å². The Balaban J connectivity index is 1.99. The Kier molecular flexibility index (Phi) is 4.95. The Labute approximate surface area is 113 Å². The Bertz CT molecular complexity index is 526. The van der Waals surface area contributed by atoms with Crippen molar-refractivity contribution in [1.29, 1.82) is 0 Å². The maximum absolute atomic E-state index is 9.10. The van der Waals surface area contributed by atoms with Crippen molar-refractivity contribution in [1.82, 2.24) is 0 Å². The summed E-state index contributed by atoms with van der Waals surface area (Å²) in [5.74, 6) is 0. The van der Waals surface area contributed by atoms with Crippen molar-refractivity contribution in [2.24, 2.45) is 0 Å². The highest BCUT2D eigenvalue weighted by molar-refractivity contribution is 5.46. The van der Waals surface area contributed by atoms with Crippen molar-refractivity contribution >= 4 is 5.69 Å². The molecular formula is C16H19NO2. The first kappa shape index (κ1) is 13.6. The Morgan fingerprint density at radius 3 is 2.53 bits per heavy atom. The van der Waals surface area contributed by atoms with Crippen molar-refractivity contribution in [3.8, 4) is 0 Å². The van der Waals surface area contributed by atoms with Gasteiger partial charge in [0.25, 0.3) is 0 Å². The van der Waals surface area contributed by atoms with Crippen LogP contribution in [0.15, 0.2) is 48.5 Å². The van der Waals surface area contributed by atoms with Crippen LogP contribution in [0.1, 0.15) is 16.7 Å². The molecule has 0 heterocycles. The highest BCUT2D eigenvalue weighted by Crippen LogP contribution is 2.13. The molecule has 0 amide bonds. The zero-order valence-corrected chi connectivity index (χ0v) is 11.1. The van der Waals surface area contributed by atoms with Crippen LogP contribution in [0.2, 0.25) is 0 Å². The predicted octanol–water partition coefficient (Wildman–Crippen LogP) is 2.94. The van der Waals surface area contributed by atoms with E-state index in [1.807, 2.05) is 30.3 Å². The number of methoxy groups -OCH3 is 1. The van der Waals surface area contributed by atoms with Crippen LogP contribution in [0.4, 0.5) is 5.69 Å². The summed E-state index contributed by atoms with van der Waals surface area (Å²) in [6, 6.07) is 16.1. The van der Waals surface area contributed by atoms with Gasteiger partial charge in [-0.05, 0) is 28.8 Å². The highest BCUT2D eigenvalue weighted by Gasteiger charge is 1.98. The molecule has 0 bridgehead atoms. The average molecular weight is 257 g/mol. The molecule has 0 aliphatic rings. The molecule has 0 unspecified atom stereocenters. The van der Waals surface area contributed by atoms with Gasteiger partial charge in [-0.1, -0.05) is 36.4 Å². The Morgan fingerprint density at radius 2 is 1.74 bits per heavy atom. The van der Waals surface area contributed by atoms with E-state index in [0.29, 0.717) is 6.61 Å². The molecule has 0 spiro atoms. The highest BCUT2D eigenvalue weighted by atomic mass is 16.5. The topological polar surface area (TPSA) is 41.5 Å². The molecule has 0 aliphatic heterocycles. The average Bonchev–Trinajstić information content (AvgIpc) is 2.46. The minimum atomic E-state index is 0.0683. The predicted molar refractivity (Wildman–Crippen MR) is 76.8 cm³/mol. The molecule has 0 aliphatic carbocycles. The molecule has 0 atom stereocenters. The van der Waals surface area contributed by atoms with Gasteiger partial charge in [-0.3, -0.25) is 0 Å². The van der Waals surface area contributed by atoms with Crippen LogP contribution in [0, 0.1) is 0 Å². The second-order valence-corrected chi connectivity index (χ2v) is 4.47. The fraction of sp³-hybridized carbons (Fsp3) is 0.250. The van der Waals surface area contributed by atoms with Gasteiger partial charge in [0.15, 0.2) is 0 Å². The standard InChI is InChI=1S/C16H19NO2/c1-19-12-15-6-2-4-13(8-15)10-17-16-7-3-5-14(9-16)11-18/h2-9,17-18H,10-12H2,1H3. The fourth-order valence-corrected chi connectivity index (χ4v) is 1.98. The third kappa shape index (κ3) is 4.09. The van der Waals surface area contributed by atoms with E-state index in [0.717, 1.165) is 17.8 Å². The zero-order chi connectivity index (χ0) is 13.5. The second-order valence-electron chi connectivity index (χ2n) is 4.47. The van der Waals surface area contributed by atoms with E-state index in [1.54, 1.807) is 7.11 Å². The quantitative estimate of drug-likeness (QED) is 0.836. The SMILES string of the molecule is COCc1cccc(CNc2cccc(CO)c2)c1. The van der Waals surface area contributed by atoms with Crippen molar-refractivity contribution < 1.29 is 9.84 Å².